The Bertz CT molecular complexity index is 620. The van der Waals surface area contributed by atoms with Gasteiger partial charge in [0.25, 0.3) is 0 Å². The standard InChI is InChI=1S/C18H24FN3O/c1-2-20-11-14-6-8-22(9-7-14)12-17-13-23-18(21-17)15-4-3-5-16(19)10-15/h3-5,10,13-14,20H,2,6-9,11-12H2,1H3. The third kappa shape index (κ3) is 4.39. The van der Waals surface area contributed by atoms with Gasteiger partial charge in [-0.1, -0.05) is 13.0 Å². The van der Waals surface area contributed by atoms with Gasteiger partial charge < -0.3 is 9.73 Å². The molecule has 1 saturated heterocycles. The molecule has 2 heterocycles. The summed E-state index contributed by atoms with van der Waals surface area (Å²) in [6.45, 7) is 7.30. The number of halogens is 1. The van der Waals surface area contributed by atoms with Crippen LogP contribution in [-0.4, -0.2) is 36.1 Å². The van der Waals surface area contributed by atoms with E-state index in [2.05, 4.69) is 22.1 Å². The van der Waals surface area contributed by atoms with Gasteiger partial charge in [0.05, 0.1) is 5.69 Å². The largest absolute Gasteiger partial charge is 0.444 e. The van der Waals surface area contributed by atoms with Crippen LogP contribution in [0.5, 0.6) is 0 Å². The molecule has 1 aliphatic rings. The zero-order chi connectivity index (χ0) is 16.1. The summed E-state index contributed by atoms with van der Waals surface area (Å²) in [6, 6.07) is 6.35. The van der Waals surface area contributed by atoms with Crippen LogP contribution in [0.1, 0.15) is 25.5 Å². The van der Waals surface area contributed by atoms with E-state index in [1.165, 1.54) is 25.0 Å². The highest BCUT2D eigenvalue weighted by atomic mass is 19.1. The molecule has 5 heteroatoms. The molecule has 1 aliphatic heterocycles. The maximum absolute atomic E-state index is 13.3. The first kappa shape index (κ1) is 16.1. The maximum Gasteiger partial charge on any atom is 0.226 e. The summed E-state index contributed by atoms with van der Waals surface area (Å²) >= 11 is 0. The van der Waals surface area contributed by atoms with Crippen LogP contribution < -0.4 is 5.32 Å². The number of benzene rings is 1. The number of rotatable bonds is 6. The van der Waals surface area contributed by atoms with Crippen LogP contribution in [0.4, 0.5) is 4.39 Å². The lowest BCUT2D eigenvalue weighted by atomic mass is 9.97. The van der Waals surface area contributed by atoms with Crippen LogP contribution in [0.2, 0.25) is 0 Å². The predicted molar refractivity (Wildman–Crippen MR) is 88.4 cm³/mol. The minimum atomic E-state index is -0.273. The fraction of sp³-hybridized carbons (Fsp3) is 0.500. The Morgan fingerprint density at radius 2 is 2.17 bits per heavy atom. The maximum atomic E-state index is 13.3. The SMILES string of the molecule is CCNCC1CCN(Cc2coc(-c3cccc(F)c3)n2)CC1. The highest BCUT2D eigenvalue weighted by molar-refractivity contribution is 5.52. The number of likely N-dealkylation sites (tertiary alicyclic amines) is 1. The van der Waals surface area contributed by atoms with Crippen LogP contribution in [0, 0.1) is 11.7 Å². The first-order valence-electron chi connectivity index (χ1n) is 8.38. The molecule has 0 aliphatic carbocycles. The number of nitrogens with one attached hydrogen (secondary N) is 1. The number of nitrogens with zero attached hydrogens (tertiary/aromatic N) is 2. The van der Waals surface area contributed by atoms with Gasteiger partial charge in [0.2, 0.25) is 5.89 Å². The average Bonchev–Trinajstić information content (AvgIpc) is 3.03. The van der Waals surface area contributed by atoms with Crippen LogP contribution >= 0.6 is 0 Å². The van der Waals surface area contributed by atoms with E-state index < -0.39 is 0 Å². The molecular weight excluding hydrogens is 293 g/mol. The fourth-order valence-electron chi connectivity index (χ4n) is 3.06. The van der Waals surface area contributed by atoms with Crippen LogP contribution in [0.3, 0.4) is 0 Å². The fourth-order valence-corrected chi connectivity index (χ4v) is 3.06. The van der Waals surface area contributed by atoms with E-state index in [1.54, 1.807) is 12.3 Å². The molecule has 0 atom stereocenters. The Labute approximate surface area is 136 Å². The van der Waals surface area contributed by atoms with Crippen molar-refractivity contribution >= 4 is 0 Å². The van der Waals surface area contributed by atoms with Gasteiger partial charge in [-0.2, -0.15) is 0 Å². The van der Waals surface area contributed by atoms with Gasteiger partial charge in [-0.3, -0.25) is 4.90 Å². The number of piperidine rings is 1. The van der Waals surface area contributed by atoms with Gasteiger partial charge in [0, 0.05) is 12.1 Å². The zero-order valence-electron chi connectivity index (χ0n) is 13.6. The topological polar surface area (TPSA) is 41.3 Å². The van der Waals surface area contributed by atoms with E-state index >= 15 is 0 Å². The molecule has 0 spiro atoms. The molecule has 1 aromatic heterocycles. The number of oxazole rings is 1. The highest BCUT2D eigenvalue weighted by Crippen LogP contribution is 2.22. The molecule has 0 radical (unpaired) electrons. The Balaban J connectivity index is 1.54. The van der Waals surface area contributed by atoms with Crippen LogP contribution in [-0.2, 0) is 6.54 Å². The first-order valence-corrected chi connectivity index (χ1v) is 8.38. The molecule has 2 aromatic rings. The van der Waals surface area contributed by atoms with Crippen molar-refractivity contribution in [2.24, 2.45) is 5.92 Å². The summed E-state index contributed by atoms with van der Waals surface area (Å²) in [4.78, 5) is 6.91. The van der Waals surface area contributed by atoms with Gasteiger partial charge in [-0.15, -0.1) is 0 Å². The summed E-state index contributed by atoms with van der Waals surface area (Å²) in [5.41, 5.74) is 1.59. The third-order valence-corrected chi connectivity index (χ3v) is 4.40. The predicted octanol–water partition coefficient (Wildman–Crippen LogP) is 3.30. The van der Waals surface area contributed by atoms with Gasteiger partial charge in [0.1, 0.15) is 12.1 Å². The van der Waals surface area contributed by atoms with E-state index in [1.807, 2.05) is 6.07 Å². The van der Waals surface area contributed by atoms with Gasteiger partial charge in [-0.25, -0.2) is 9.37 Å². The minimum Gasteiger partial charge on any atom is -0.444 e. The monoisotopic (exact) mass is 317 g/mol. The highest BCUT2D eigenvalue weighted by Gasteiger charge is 2.20. The first-order chi connectivity index (χ1) is 11.2. The quantitative estimate of drug-likeness (QED) is 0.887. The van der Waals surface area contributed by atoms with Crippen molar-refractivity contribution in [2.75, 3.05) is 26.2 Å². The van der Waals surface area contributed by atoms with E-state index in [0.29, 0.717) is 11.5 Å². The third-order valence-electron chi connectivity index (χ3n) is 4.40. The summed E-state index contributed by atoms with van der Waals surface area (Å²) in [5.74, 6) is 0.998. The Morgan fingerprint density at radius 1 is 1.35 bits per heavy atom. The van der Waals surface area contributed by atoms with E-state index in [0.717, 1.165) is 44.3 Å². The van der Waals surface area contributed by atoms with Gasteiger partial charge in [-0.05, 0) is 63.1 Å². The summed E-state index contributed by atoms with van der Waals surface area (Å²) < 4.78 is 18.8. The molecule has 1 N–H and O–H groups in total. The van der Waals surface area contributed by atoms with Crippen molar-refractivity contribution < 1.29 is 8.81 Å². The lowest BCUT2D eigenvalue weighted by Crippen LogP contribution is -2.36. The van der Waals surface area contributed by atoms with E-state index in [4.69, 9.17) is 4.42 Å². The second-order valence-corrected chi connectivity index (χ2v) is 6.18. The Morgan fingerprint density at radius 3 is 2.91 bits per heavy atom. The summed E-state index contributed by atoms with van der Waals surface area (Å²) in [6.07, 6.45) is 4.13. The minimum absolute atomic E-state index is 0.273. The Hall–Kier alpha value is -1.72. The van der Waals surface area contributed by atoms with Crippen molar-refractivity contribution in [1.82, 2.24) is 15.2 Å². The van der Waals surface area contributed by atoms with Crippen molar-refractivity contribution in [3.05, 3.63) is 42.0 Å². The molecule has 1 aromatic carbocycles. The van der Waals surface area contributed by atoms with Gasteiger partial charge in [0.15, 0.2) is 0 Å². The second kappa shape index (κ2) is 7.70. The van der Waals surface area contributed by atoms with Crippen molar-refractivity contribution in [3.63, 3.8) is 0 Å². The Kier molecular flexibility index (Phi) is 5.41. The zero-order valence-corrected chi connectivity index (χ0v) is 13.6. The molecule has 0 amide bonds. The number of aromatic nitrogens is 1. The van der Waals surface area contributed by atoms with E-state index in [9.17, 15) is 4.39 Å². The smallest absolute Gasteiger partial charge is 0.226 e. The van der Waals surface area contributed by atoms with Gasteiger partial charge >= 0.3 is 0 Å². The average molecular weight is 317 g/mol. The molecule has 124 valence electrons. The van der Waals surface area contributed by atoms with Crippen molar-refractivity contribution in [2.45, 2.75) is 26.3 Å². The molecule has 0 saturated carbocycles. The molecule has 23 heavy (non-hydrogen) atoms. The summed E-state index contributed by atoms with van der Waals surface area (Å²) in [7, 11) is 0. The molecular formula is C18H24FN3O. The lowest BCUT2D eigenvalue weighted by Gasteiger charge is -2.31. The molecule has 1 fully saturated rings. The van der Waals surface area contributed by atoms with Crippen molar-refractivity contribution in [3.8, 4) is 11.5 Å². The number of hydrogen-bond donors (Lipinski definition) is 1. The second-order valence-electron chi connectivity index (χ2n) is 6.18. The number of hydrogen-bond acceptors (Lipinski definition) is 4. The summed E-state index contributed by atoms with van der Waals surface area (Å²) in [5, 5.41) is 3.43. The van der Waals surface area contributed by atoms with Crippen LogP contribution in [0.25, 0.3) is 11.5 Å². The molecule has 0 bridgehead atoms. The lowest BCUT2D eigenvalue weighted by molar-refractivity contribution is 0.174. The normalized spacial score (nSPS) is 16.8. The molecule has 4 nitrogen and oxygen atoms in total. The van der Waals surface area contributed by atoms with Crippen LogP contribution in [0.15, 0.2) is 34.9 Å². The molecule has 0 unspecified atom stereocenters. The molecule has 3 rings (SSSR count). The van der Waals surface area contributed by atoms with E-state index in [-0.39, 0.29) is 5.82 Å². The van der Waals surface area contributed by atoms with Crippen molar-refractivity contribution in [1.29, 1.82) is 0 Å².